The number of benzene rings is 2. The van der Waals surface area contributed by atoms with E-state index in [1.807, 2.05) is 60.4 Å². The third kappa shape index (κ3) is 2.96. The zero-order chi connectivity index (χ0) is 17.4. The van der Waals surface area contributed by atoms with E-state index in [4.69, 9.17) is 0 Å². The molecule has 0 aliphatic carbocycles. The molecule has 0 aromatic heterocycles. The molecule has 2 heterocycles. The van der Waals surface area contributed by atoms with Crippen LogP contribution >= 0.6 is 0 Å². The van der Waals surface area contributed by atoms with Crippen molar-refractivity contribution in [1.82, 2.24) is 9.80 Å². The SMILES string of the molecule is C[C@@]1(O)[C@@H]2CN(Cc3ccccc3)C(=O)[C@H]1N(Cc1ccccc1)C2. The molecule has 2 saturated heterocycles. The maximum atomic E-state index is 13.1. The quantitative estimate of drug-likeness (QED) is 0.932. The largest absolute Gasteiger partial charge is 0.388 e. The molecule has 2 aliphatic heterocycles. The Kier molecular flexibility index (Phi) is 4.10. The molecule has 0 unspecified atom stereocenters. The van der Waals surface area contributed by atoms with E-state index in [1.165, 1.54) is 5.56 Å². The number of carbonyl (C=O) groups is 1. The maximum absolute atomic E-state index is 13.1. The molecule has 2 aliphatic rings. The maximum Gasteiger partial charge on any atom is 0.243 e. The summed E-state index contributed by atoms with van der Waals surface area (Å²) >= 11 is 0. The topological polar surface area (TPSA) is 43.8 Å². The van der Waals surface area contributed by atoms with E-state index in [0.29, 0.717) is 19.6 Å². The number of carbonyl (C=O) groups excluding carboxylic acids is 1. The molecule has 1 amide bonds. The number of amides is 1. The van der Waals surface area contributed by atoms with Gasteiger partial charge in [0.2, 0.25) is 5.91 Å². The lowest BCUT2D eigenvalue weighted by molar-refractivity contribution is -0.152. The summed E-state index contributed by atoms with van der Waals surface area (Å²) in [4.78, 5) is 17.2. The number of fused-ring (bicyclic) bond motifs is 2. The Labute approximate surface area is 148 Å². The molecule has 2 bridgehead atoms. The molecule has 2 fully saturated rings. The summed E-state index contributed by atoms with van der Waals surface area (Å²) in [5.74, 6) is 0.126. The number of hydrogen-bond donors (Lipinski definition) is 1. The lowest BCUT2D eigenvalue weighted by atomic mass is 9.82. The normalized spacial score (nSPS) is 29.2. The molecule has 1 N–H and O–H groups in total. The van der Waals surface area contributed by atoms with Crippen LogP contribution in [0.25, 0.3) is 0 Å². The Balaban J connectivity index is 1.56. The molecule has 130 valence electrons. The van der Waals surface area contributed by atoms with Crippen LogP contribution in [0, 0.1) is 5.92 Å². The molecule has 0 spiro atoms. The van der Waals surface area contributed by atoms with Crippen molar-refractivity contribution in [3.8, 4) is 0 Å². The van der Waals surface area contributed by atoms with Gasteiger partial charge >= 0.3 is 0 Å². The molecule has 0 radical (unpaired) electrons. The fourth-order valence-corrected chi connectivity index (χ4v) is 4.26. The summed E-state index contributed by atoms with van der Waals surface area (Å²) in [6, 6.07) is 19.8. The van der Waals surface area contributed by atoms with E-state index >= 15 is 0 Å². The Bertz CT molecular complexity index is 745. The van der Waals surface area contributed by atoms with Gasteiger partial charge in [0.05, 0.1) is 5.60 Å². The van der Waals surface area contributed by atoms with Gasteiger partial charge in [0.25, 0.3) is 0 Å². The molecule has 2 aromatic rings. The van der Waals surface area contributed by atoms with Crippen molar-refractivity contribution in [2.45, 2.75) is 31.7 Å². The van der Waals surface area contributed by atoms with E-state index in [1.54, 1.807) is 0 Å². The molecule has 0 saturated carbocycles. The summed E-state index contributed by atoms with van der Waals surface area (Å²) in [5.41, 5.74) is 1.35. The number of likely N-dealkylation sites (tertiary alicyclic amines) is 2. The second-order valence-corrected chi connectivity index (χ2v) is 7.44. The van der Waals surface area contributed by atoms with Gasteiger partial charge in [-0.05, 0) is 18.1 Å². The number of hydrogen-bond acceptors (Lipinski definition) is 3. The molecule has 25 heavy (non-hydrogen) atoms. The summed E-state index contributed by atoms with van der Waals surface area (Å²) in [6.07, 6.45) is 0. The second kappa shape index (κ2) is 6.28. The lowest BCUT2D eigenvalue weighted by Crippen LogP contribution is -2.60. The number of piperidine rings is 1. The standard InChI is InChI=1S/C21H24N2O2/c1-21(25)18-14-22(12-16-8-4-2-5-9-16)19(21)20(24)23(15-18)13-17-10-6-3-7-11-17/h2-11,18-19,25H,12-15H2,1H3/t18-,19+,21+/m0/s1. The Morgan fingerprint density at radius 2 is 1.52 bits per heavy atom. The van der Waals surface area contributed by atoms with Crippen molar-refractivity contribution in [3.05, 3.63) is 71.8 Å². The molecule has 4 rings (SSSR count). The highest BCUT2D eigenvalue weighted by molar-refractivity contribution is 5.85. The van der Waals surface area contributed by atoms with Gasteiger partial charge in [-0.15, -0.1) is 0 Å². The van der Waals surface area contributed by atoms with Crippen LogP contribution < -0.4 is 0 Å². The molecular weight excluding hydrogens is 312 g/mol. The van der Waals surface area contributed by atoms with Gasteiger partial charge < -0.3 is 10.0 Å². The van der Waals surface area contributed by atoms with Gasteiger partial charge in [0.15, 0.2) is 0 Å². The van der Waals surface area contributed by atoms with Crippen LogP contribution in [0.2, 0.25) is 0 Å². The van der Waals surface area contributed by atoms with Gasteiger partial charge in [0.1, 0.15) is 6.04 Å². The van der Waals surface area contributed by atoms with Crippen LogP contribution in [0.15, 0.2) is 60.7 Å². The molecule has 3 atom stereocenters. The third-order valence-electron chi connectivity index (χ3n) is 5.63. The fraction of sp³-hybridized carbons (Fsp3) is 0.381. The Morgan fingerprint density at radius 1 is 0.960 bits per heavy atom. The lowest BCUT2D eigenvalue weighted by Gasteiger charge is -2.42. The first kappa shape index (κ1) is 16.3. The van der Waals surface area contributed by atoms with Crippen LogP contribution in [-0.2, 0) is 17.9 Å². The van der Waals surface area contributed by atoms with Gasteiger partial charge in [-0.2, -0.15) is 0 Å². The molecule has 4 heteroatoms. The van der Waals surface area contributed by atoms with Gasteiger partial charge in [0, 0.05) is 32.1 Å². The number of aliphatic hydroxyl groups is 1. The van der Waals surface area contributed by atoms with Crippen LogP contribution in [0.1, 0.15) is 18.1 Å². The predicted octanol–water partition coefficient (Wildman–Crippen LogP) is 2.28. The highest BCUT2D eigenvalue weighted by Crippen LogP contribution is 2.40. The van der Waals surface area contributed by atoms with Crippen LogP contribution in [0.3, 0.4) is 0 Å². The van der Waals surface area contributed by atoms with E-state index < -0.39 is 11.6 Å². The average Bonchev–Trinajstić information content (AvgIpc) is 2.75. The van der Waals surface area contributed by atoms with Crippen molar-refractivity contribution in [2.75, 3.05) is 13.1 Å². The van der Waals surface area contributed by atoms with Crippen LogP contribution in [-0.4, -0.2) is 45.5 Å². The third-order valence-corrected chi connectivity index (χ3v) is 5.63. The van der Waals surface area contributed by atoms with Crippen molar-refractivity contribution in [2.24, 2.45) is 5.92 Å². The van der Waals surface area contributed by atoms with Crippen molar-refractivity contribution in [1.29, 1.82) is 0 Å². The second-order valence-electron chi connectivity index (χ2n) is 7.44. The number of nitrogens with zero attached hydrogens (tertiary/aromatic N) is 2. The minimum absolute atomic E-state index is 0.0403. The summed E-state index contributed by atoms with van der Waals surface area (Å²) in [5, 5.41) is 11.0. The van der Waals surface area contributed by atoms with E-state index in [2.05, 4.69) is 17.0 Å². The molecule has 4 nitrogen and oxygen atoms in total. The first-order chi connectivity index (χ1) is 12.1. The fourth-order valence-electron chi connectivity index (χ4n) is 4.26. The first-order valence-corrected chi connectivity index (χ1v) is 8.89. The molecular formula is C21H24N2O2. The smallest absolute Gasteiger partial charge is 0.243 e. The van der Waals surface area contributed by atoms with Crippen LogP contribution in [0.5, 0.6) is 0 Å². The monoisotopic (exact) mass is 336 g/mol. The van der Waals surface area contributed by atoms with Gasteiger partial charge in [-0.1, -0.05) is 60.7 Å². The van der Waals surface area contributed by atoms with Crippen LogP contribution in [0.4, 0.5) is 0 Å². The predicted molar refractivity (Wildman–Crippen MR) is 96.6 cm³/mol. The summed E-state index contributed by atoms with van der Waals surface area (Å²) in [6.45, 7) is 4.50. The zero-order valence-corrected chi connectivity index (χ0v) is 14.5. The number of rotatable bonds is 4. The van der Waals surface area contributed by atoms with E-state index in [-0.39, 0.29) is 11.8 Å². The van der Waals surface area contributed by atoms with Gasteiger partial charge in [-0.3, -0.25) is 9.69 Å². The molecule has 2 aromatic carbocycles. The minimum Gasteiger partial charge on any atom is -0.388 e. The zero-order valence-electron chi connectivity index (χ0n) is 14.5. The Morgan fingerprint density at radius 3 is 2.12 bits per heavy atom. The summed E-state index contributed by atoms with van der Waals surface area (Å²) in [7, 11) is 0. The Hall–Kier alpha value is -2.17. The van der Waals surface area contributed by atoms with Crippen molar-refractivity contribution >= 4 is 5.91 Å². The van der Waals surface area contributed by atoms with E-state index in [0.717, 1.165) is 12.1 Å². The minimum atomic E-state index is -0.959. The first-order valence-electron chi connectivity index (χ1n) is 8.89. The van der Waals surface area contributed by atoms with Gasteiger partial charge in [-0.25, -0.2) is 0 Å². The highest BCUT2D eigenvalue weighted by atomic mass is 16.3. The van der Waals surface area contributed by atoms with E-state index in [9.17, 15) is 9.90 Å². The average molecular weight is 336 g/mol. The van der Waals surface area contributed by atoms with Crippen molar-refractivity contribution < 1.29 is 9.90 Å². The highest BCUT2D eigenvalue weighted by Gasteiger charge is 2.58. The summed E-state index contributed by atoms with van der Waals surface area (Å²) < 4.78 is 0. The van der Waals surface area contributed by atoms with Crippen molar-refractivity contribution in [3.63, 3.8) is 0 Å².